The van der Waals surface area contributed by atoms with Crippen molar-refractivity contribution in [2.75, 3.05) is 25.4 Å². The number of piperidine rings is 1. The first kappa shape index (κ1) is 20.1. The summed E-state index contributed by atoms with van der Waals surface area (Å²) in [5, 5.41) is 11.4. The number of rotatable bonds is 6. The summed E-state index contributed by atoms with van der Waals surface area (Å²) in [5.41, 5.74) is 11.8. The van der Waals surface area contributed by atoms with Crippen LogP contribution in [0, 0.1) is 11.3 Å². The van der Waals surface area contributed by atoms with E-state index in [9.17, 15) is 0 Å². The minimum absolute atomic E-state index is 0.446. The van der Waals surface area contributed by atoms with Crippen LogP contribution in [-0.4, -0.2) is 30.4 Å². The van der Waals surface area contributed by atoms with Crippen molar-refractivity contribution < 1.29 is 4.74 Å². The normalized spacial score (nSPS) is 14.4. The predicted octanol–water partition coefficient (Wildman–Crippen LogP) is 4.76. The molecule has 0 saturated carbocycles. The van der Waals surface area contributed by atoms with Crippen LogP contribution in [-0.2, 0) is 0 Å². The van der Waals surface area contributed by atoms with Gasteiger partial charge in [0.1, 0.15) is 5.75 Å². The van der Waals surface area contributed by atoms with Gasteiger partial charge in [-0.3, -0.25) is 4.98 Å². The molecule has 0 bridgehead atoms. The molecule has 1 saturated heterocycles. The van der Waals surface area contributed by atoms with Crippen LogP contribution in [0.1, 0.15) is 25.3 Å². The standard InChI is InChI=1S/C25H28N4O/c1-17(26)22-13-20(7-8-24(22)27)23-14-21(30-16-18-9-11-28-12-10-18)15-29-25(23)19-5-3-2-4-6-19/h2-8,13-15,18,26,28H,9-12,16,27H2,1H3. The smallest absolute Gasteiger partial charge is 0.138 e. The lowest BCUT2D eigenvalue weighted by Crippen LogP contribution is -2.30. The molecule has 4 N–H and O–H groups in total. The van der Waals surface area contributed by atoms with Gasteiger partial charge in [0.25, 0.3) is 0 Å². The third-order valence-corrected chi connectivity index (χ3v) is 5.62. The van der Waals surface area contributed by atoms with Crippen molar-refractivity contribution in [1.82, 2.24) is 10.3 Å². The summed E-state index contributed by atoms with van der Waals surface area (Å²) >= 11 is 0. The number of ether oxygens (including phenoxy) is 1. The molecule has 1 fully saturated rings. The van der Waals surface area contributed by atoms with Crippen molar-refractivity contribution in [2.45, 2.75) is 19.8 Å². The average Bonchev–Trinajstić information content (AvgIpc) is 2.79. The van der Waals surface area contributed by atoms with Gasteiger partial charge in [0.2, 0.25) is 0 Å². The number of aromatic nitrogens is 1. The van der Waals surface area contributed by atoms with E-state index in [1.165, 1.54) is 0 Å². The first-order chi connectivity index (χ1) is 14.6. The molecule has 1 aromatic heterocycles. The van der Waals surface area contributed by atoms with Gasteiger partial charge in [-0.25, -0.2) is 0 Å². The number of nitrogens with zero attached hydrogens (tertiary/aromatic N) is 1. The highest BCUT2D eigenvalue weighted by atomic mass is 16.5. The van der Waals surface area contributed by atoms with Crippen molar-refractivity contribution in [2.24, 2.45) is 5.92 Å². The van der Waals surface area contributed by atoms with Crippen LogP contribution in [0.5, 0.6) is 5.75 Å². The van der Waals surface area contributed by atoms with Gasteiger partial charge in [-0.15, -0.1) is 0 Å². The lowest BCUT2D eigenvalue weighted by Gasteiger charge is -2.23. The van der Waals surface area contributed by atoms with E-state index < -0.39 is 0 Å². The van der Waals surface area contributed by atoms with Crippen LogP contribution in [0.25, 0.3) is 22.4 Å². The average molecular weight is 401 g/mol. The molecule has 0 atom stereocenters. The highest BCUT2D eigenvalue weighted by Crippen LogP contribution is 2.34. The summed E-state index contributed by atoms with van der Waals surface area (Å²) in [5.74, 6) is 1.35. The molecule has 0 aliphatic carbocycles. The Balaban J connectivity index is 1.71. The maximum Gasteiger partial charge on any atom is 0.138 e. The minimum Gasteiger partial charge on any atom is -0.492 e. The van der Waals surface area contributed by atoms with Crippen LogP contribution < -0.4 is 15.8 Å². The molecule has 0 radical (unpaired) electrons. The van der Waals surface area contributed by atoms with E-state index in [2.05, 4.69) is 23.5 Å². The molecule has 2 heterocycles. The summed E-state index contributed by atoms with van der Waals surface area (Å²) in [6.45, 7) is 4.58. The lowest BCUT2D eigenvalue weighted by molar-refractivity contribution is 0.215. The molecule has 0 spiro atoms. The largest absolute Gasteiger partial charge is 0.492 e. The van der Waals surface area contributed by atoms with E-state index in [4.69, 9.17) is 20.9 Å². The zero-order valence-corrected chi connectivity index (χ0v) is 17.3. The maximum absolute atomic E-state index is 8.05. The van der Waals surface area contributed by atoms with Crippen molar-refractivity contribution >= 4 is 11.4 Å². The molecule has 5 heteroatoms. The van der Waals surface area contributed by atoms with Crippen molar-refractivity contribution in [3.05, 3.63) is 66.4 Å². The Morgan fingerprint density at radius 2 is 1.87 bits per heavy atom. The van der Waals surface area contributed by atoms with E-state index in [0.717, 1.165) is 59.6 Å². The molecule has 154 valence electrons. The number of hydrogen-bond acceptors (Lipinski definition) is 5. The number of hydrogen-bond donors (Lipinski definition) is 3. The van der Waals surface area contributed by atoms with Crippen molar-refractivity contribution in [3.8, 4) is 28.1 Å². The quantitative estimate of drug-likeness (QED) is 0.411. The Hall–Kier alpha value is -3.18. The summed E-state index contributed by atoms with van der Waals surface area (Å²) < 4.78 is 6.14. The van der Waals surface area contributed by atoms with E-state index in [0.29, 0.717) is 23.9 Å². The number of pyridine rings is 1. The van der Waals surface area contributed by atoms with Crippen LogP contribution in [0.3, 0.4) is 0 Å². The Labute approximate surface area is 177 Å². The van der Waals surface area contributed by atoms with E-state index in [1.807, 2.05) is 42.6 Å². The second-order valence-corrected chi connectivity index (χ2v) is 7.86. The highest BCUT2D eigenvalue weighted by molar-refractivity contribution is 6.02. The summed E-state index contributed by atoms with van der Waals surface area (Å²) in [4.78, 5) is 4.76. The Bertz CT molecular complexity index is 1030. The predicted molar refractivity (Wildman–Crippen MR) is 123 cm³/mol. The fourth-order valence-corrected chi connectivity index (χ4v) is 3.88. The zero-order chi connectivity index (χ0) is 20.9. The first-order valence-corrected chi connectivity index (χ1v) is 10.5. The topological polar surface area (TPSA) is 84.0 Å². The van der Waals surface area contributed by atoms with Gasteiger partial charge in [0, 0.05) is 28.1 Å². The minimum atomic E-state index is 0.446. The van der Waals surface area contributed by atoms with Crippen LogP contribution in [0.2, 0.25) is 0 Å². The summed E-state index contributed by atoms with van der Waals surface area (Å²) in [6, 6.07) is 18.0. The van der Waals surface area contributed by atoms with Crippen LogP contribution in [0.15, 0.2) is 60.8 Å². The molecule has 0 amide bonds. The molecule has 4 rings (SSSR count). The van der Waals surface area contributed by atoms with E-state index in [1.54, 1.807) is 6.92 Å². The lowest BCUT2D eigenvalue weighted by atomic mass is 9.96. The van der Waals surface area contributed by atoms with Crippen LogP contribution >= 0.6 is 0 Å². The summed E-state index contributed by atoms with van der Waals surface area (Å²) in [7, 11) is 0. The molecule has 0 unspecified atom stereocenters. The number of nitrogens with one attached hydrogen (secondary N) is 2. The second kappa shape index (κ2) is 9.09. The van der Waals surface area contributed by atoms with Gasteiger partial charge in [-0.1, -0.05) is 36.4 Å². The molecule has 5 nitrogen and oxygen atoms in total. The van der Waals surface area contributed by atoms with Crippen molar-refractivity contribution in [3.63, 3.8) is 0 Å². The van der Waals surface area contributed by atoms with E-state index in [-0.39, 0.29) is 0 Å². The van der Waals surface area contributed by atoms with Gasteiger partial charge in [0.05, 0.1) is 18.5 Å². The molecular weight excluding hydrogens is 372 g/mol. The Morgan fingerprint density at radius 3 is 2.60 bits per heavy atom. The summed E-state index contributed by atoms with van der Waals surface area (Å²) in [6.07, 6.45) is 4.09. The zero-order valence-electron chi connectivity index (χ0n) is 17.3. The Kier molecular flexibility index (Phi) is 6.10. The van der Waals surface area contributed by atoms with Gasteiger partial charge in [0.15, 0.2) is 0 Å². The van der Waals surface area contributed by atoms with Gasteiger partial charge in [-0.2, -0.15) is 0 Å². The SMILES string of the molecule is CC(=N)c1cc(-c2cc(OCC3CCNCC3)cnc2-c2ccccc2)ccc1N. The van der Waals surface area contributed by atoms with E-state index >= 15 is 0 Å². The number of benzene rings is 2. The third kappa shape index (κ3) is 4.52. The third-order valence-electron chi connectivity index (χ3n) is 5.62. The van der Waals surface area contributed by atoms with Gasteiger partial charge in [-0.05, 0) is 62.5 Å². The van der Waals surface area contributed by atoms with Gasteiger partial charge >= 0.3 is 0 Å². The molecule has 1 aliphatic heterocycles. The molecule has 30 heavy (non-hydrogen) atoms. The molecule has 3 aromatic rings. The fourth-order valence-electron chi connectivity index (χ4n) is 3.88. The second-order valence-electron chi connectivity index (χ2n) is 7.86. The Morgan fingerprint density at radius 1 is 1.10 bits per heavy atom. The maximum atomic E-state index is 8.05. The molecule has 2 aromatic carbocycles. The van der Waals surface area contributed by atoms with Gasteiger partial charge < -0.3 is 21.2 Å². The number of nitrogen functional groups attached to an aromatic ring is 1. The first-order valence-electron chi connectivity index (χ1n) is 10.5. The number of nitrogens with two attached hydrogens (primary N) is 1. The molecular formula is C25H28N4O. The monoisotopic (exact) mass is 400 g/mol. The fraction of sp³-hybridized carbons (Fsp3) is 0.280. The van der Waals surface area contributed by atoms with Crippen LogP contribution in [0.4, 0.5) is 5.69 Å². The molecule has 1 aliphatic rings. The van der Waals surface area contributed by atoms with Crippen molar-refractivity contribution in [1.29, 1.82) is 5.41 Å². The highest BCUT2D eigenvalue weighted by Gasteiger charge is 2.16. The number of anilines is 1.